The van der Waals surface area contributed by atoms with Crippen LogP contribution < -0.4 is 5.32 Å². The van der Waals surface area contributed by atoms with Crippen molar-refractivity contribution < 1.29 is 13.9 Å². The highest BCUT2D eigenvalue weighted by Crippen LogP contribution is 2.34. The number of pyridine rings is 1. The van der Waals surface area contributed by atoms with Crippen molar-refractivity contribution in [1.82, 2.24) is 25.0 Å². The fourth-order valence-corrected chi connectivity index (χ4v) is 2.97. The number of cyclic esters (lactones) is 1. The number of fused-ring (bicyclic) bond motifs is 1. The van der Waals surface area contributed by atoms with E-state index in [1.807, 2.05) is 6.92 Å². The minimum atomic E-state index is -0.424. The molecule has 4 heterocycles. The first-order valence-corrected chi connectivity index (χ1v) is 8.25. The van der Waals surface area contributed by atoms with Crippen LogP contribution in [0.2, 0.25) is 0 Å². The molecule has 0 amide bonds. The summed E-state index contributed by atoms with van der Waals surface area (Å²) < 4.78 is 12.5. The summed E-state index contributed by atoms with van der Waals surface area (Å²) in [5.74, 6) is 0.553. The average molecular weight is 342 g/mol. The molecule has 1 aliphatic rings. The van der Waals surface area contributed by atoms with Crippen LogP contribution in [0.3, 0.4) is 0 Å². The van der Waals surface area contributed by atoms with E-state index >= 15 is 0 Å². The number of anilines is 1. The summed E-state index contributed by atoms with van der Waals surface area (Å²) in [5, 5.41) is 16.4. The van der Waals surface area contributed by atoms with Crippen molar-refractivity contribution >= 4 is 22.7 Å². The highest BCUT2D eigenvalue weighted by atomic mass is 16.5. The third-order valence-corrected chi connectivity index (χ3v) is 4.21. The van der Waals surface area contributed by atoms with Crippen molar-refractivity contribution in [1.29, 1.82) is 0 Å². The summed E-state index contributed by atoms with van der Waals surface area (Å²) in [7, 11) is 0. The summed E-state index contributed by atoms with van der Waals surface area (Å²) in [6, 6.07) is -0.424. The van der Waals surface area contributed by atoms with Gasteiger partial charge in [0.05, 0.1) is 29.4 Å². The minimum Gasteiger partial charge on any atom is -0.464 e. The molecule has 0 saturated carbocycles. The molecule has 25 heavy (non-hydrogen) atoms. The maximum absolute atomic E-state index is 12.1. The molecule has 0 radical (unpaired) electrons. The molecular formula is C16H18N6O3. The van der Waals surface area contributed by atoms with E-state index < -0.39 is 6.04 Å². The number of ether oxygens (including phenoxy) is 1. The molecule has 9 heteroatoms. The lowest BCUT2D eigenvalue weighted by atomic mass is 10.1. The second-order valence-corrected chi connectivity index (χ2v) is 5.88. The zero-order valence-electron chi connectivity index (χ0n) is 14.0. The van der Waals surface area contributed by atoms with Gasteiger partial charge in [-0.25, -0.2) is 14.5 Å². The monoisotopic (exact) mass is 342 g/mol. The van der Waals surface area contributed by atoms with E-state index in [4.69, 9.17) is 9.15 Å². The predicted octanol–water partition coefficient (Wildman–Crippen LogP) is 1.93. The number of aryl methyl sites for hydroxylation is 2. The molecule has 0 spiro atoms. The Balaban J connectivity index is 1.85. The molecule has 1 atom stereocenters. The minimum absolute atomic E-state index is 0.258. The summed E-state index contributed by atoms with van der Waals surface area (Å²) in [6.45, 7) is 4.88. The zero-order chi connectivity index (χ0) is 17.4. The van der Waals surface area contributed by atoms with Crippen molar-refractivity contribution in [3.8, 4) is 11.5 Å². The molecule has 1 unspecified atom stereocenters. The second-order valence-electron chi connectivity index (χ2n) is 5.88. The molecule has 1 fully saturated rings. The first-order chi connectivity index (χ1) is 12.2. The van der Waals surface area contributed by atoms with E-state index in [0.29, 0.717) is 42.6 Å². The molecule has 3 aromatic heterocycles. The quantitative estimate of drug-likeness (QED) is 0.717. The lowest BCUT2D eigenvalue weighted by Gasteiger charge is -2.23. The molecule has 130 valence electrons. The SMILES string of the molecule is CCn1ncc2c(NC3CCCOC3=O)c(-c3nnc(C)o3)cnc21. The van der Waals surface area contributed by atoms with Gasteiger partial charge in [-0.1, -0.05) is 0 Å². The van der Waals surface area contributed by atoms with E-state index in [1.54, 1.807) is 24.0 Å². The Hall–Kier alpha value is -2.97. The largest absolute Gasteiger partial charge is 0.464 e. The van der Waals surface area contributed by atoms with Gasteiger partial charge >= 0.3 is 5.97 Å². The van der Waals surface area contributed by atoms with Crippen LogP contribution in [0, 0.1) is 6.92 Å². The van der Waals surface area contributed by atoms with Crippen LogP contribution in [-0.4, -0.2) is 43.6 Å². The first-order valence-electron chi connectivity index (χ1n) is 8.25. The Morgan fingerprint density at radius 2 is 2.24 bits per heavy atom. The predicted molar refractivity (Wildman–Crippen MR) is 88.8 cm³/mol. The van der Waals surface area contributed by atoms with E-state index in [1.165, 1.54) is 0 Å². The molecule has 1 saturated heterocycles. The normalized spacial score (nSPS) is 17.7. The van der Waals surface area contributed by atoms with Gasteiger partial charge in [0.15, 0.2) is 5.65 Å². The highest BCUT2D eigenvalue weighted by Gasteiger charge is 2.27. The third-order valence-electron chi connectivity index (χ3n) is 4.21. The van der Waals surface area contributed by atoms with Gasteiger partial charge in [0.1, 0.15) is 6.04 Å². The number of hydrogen-bond donors (Lipinski definition) is 1. The first kappa shape index (κ1) is 15.6. The number of nitrogens with zero attached hydrogens (tertiary/aromatic N) is 5. The second kappa shape index (κ2) is 6.15. The van der Waals surface area contributed by atoms with Gasteiger partial charge in [-0.3, -0.25) is 0 Å². The molecule has 1 aliphatic heterocycles. The molecule has 4 rings (SSSR count). The van der Waals surface area contributed by atoms with Gasteiger partial charge in [-0.15, -0.1) is 10.2 Å². The standard InChI is InChI=1S/C16H18N6O3/c1-3-22-14-10(8-18-22)13(19-12-5-4-6-24-16(12)23)11(7-17-14)15-21-20-9(2)25-15/h7-8,12H,3-6H2,1-2H3,(H,17,19). The van der Waals surface area contributed by atoms with Crippen LogP contribution in [0.25, 0.3) is 22.5 Å². The summed E-state index contributed by atoms with van der Waals surface area (Å²) >= 11 is 0. The van der Waals surface area contributed by atoms with Crippen molar-refractivity contribution in [2.45, 2.75) is 39.3 Å². The summed E-state index contributed by atoms with van der Waals surface area (Å²) in [4.78, 5) is 16.6. The van der Waals surface area contributed by atoms with Crippen LogP contribution >= 0.6 is 0 Å². The Kier molecular flexibility index (Phi) is 3.83. The van der Waals surface area contributed by atoms with Gasteiger partial charge in [0, 0.05) is 19.7 Å². The highest BCUT2D eigenvalue weighted by molar-refractivity contribution is 5.98. The smallest absolute Gasteiger partial charge is 0.328 e. The Morgan fingerprint density at radius 3 is 2.96 bits per heavy atom. The fourth-order valence-electron chi connectivity index (χ4n) is 2.97. The molecule has 3 aromatic rings. The van der Waals surface area contributed by atoms with E-state index in [-0.39, 0.29) is 5.97 Å². The molecule has 0 aliphatic carbocycles. The molecule has 1 N–H and O–H groups in total. The maximum atomic E-state index is 12.1. The third kappa shape index (κ3) is 2.71. The molecule has 9 nitrogen and oxygen atoms in total. The molecule has 0 bridgehead atoms. The summed E-state index contributed by atoms with van der Waals surface area (Å²) in [5.41, 5.74) is 2.08. The van der Waals surface area contributed by atoms with Crippen molar-refractivity contribution in [3.05, 3.63) is 18.3 Å². The van der Waals surface area contributed by atoms with Crippen molar-refractivity contribution in [3.63, 3.8) is 0 Å². The van der Waals surface area contributed by atoms with Crippen LogP contribution in [0.15, 0.2) is 16.8 Å². The van der Waals surface area contributed by atoms with Crippen molar-refractivity contribution in [2.24, 2.45) is 0 Å². The molecule has 0 aromatic carbocycles. The van der Waals surface area contributed by atoms with Gasteiger partial charge in [0.2, 0.25) is 5.89 Å². The maximum Gasteiger partial charge on any atom is 0.328 e. The van der Waals surface area contributed by atoms with Crippen LogP contribution in [0.4, 0.5) is 5.69 Å². The Morgan fingerprint density at radius 1 is 1.36 bits per heavy atom. The van der Waals surface area contributed by atoms with Gasteiger partial charge in [-0.2, -0.15) is 5.10 Å². The van der Waals surface area contributed by atoms with Crippen molar-refractivity contribution in [2.75, 3.05) is 11.9 Å². The topological polar surface area (TPSA) is 108 Å². The Bertz CT molecular complexity index is 931. The van der Waals surface area contributed by atoms with E-state index in [2.05, 4.69) is 25.6 Å². The number of nitrogens with one attached hydrogen (secondary N) is 1. The van der Waals surface area contributed by atoms with Gasteiger partial charge in [-0.05, 0) is 19.8 Å². The number of carbonyl (C=O) groups is 1. The lowest BCUT2D eigenvalue weighted by Crippen LogP contribution is -2.35. The fraction of sp³-hybridized carbons (Fsp3) is 0.438. The average Bonchev–Trinajstić information content (AvgIpc) is 3.23. The molecular weight excluding hydrogens is 324 g/mol. The van der Waals surface area contributed by atoms with Crippen LogP contribution in [0.1, 0.15) is 25.7 Å². The number of hydrogen-bond acceptors (Lipinski definition) is 8. The Labute approximate surface area is 143 Å². The number of esters is 1. The van der Waals surface area contributed by atoms with Crippen LogP contribution in [0.5, 0.6) is 0 Å². The van der Waals surface area contributed by atoms with Gasteiger partial charge in [0.25, 0.3) is 5.89 Å². The number of carbonyl (C=O) groups excluding carboxylic acids is 1. The van der Waals surface area contributed by atoms with Gasteiger partial charge < -0.3 is 14.5 Å². The van der Waals surface area contributed by atoms with E-state index in [0.717, 1.165) is 17.5 Å². The number of aromatic nitrogens is 5. The van der Waals surface area contributed by atoms with E-state index in [9.17, 15) is 4.79 Å². The van der Waals surface area contributed by atoms with Crippen LogP contribution in [-0.2, 0) is 16.1 Å². The lowest BCUT2D eigenvalue weighted by molar-refractivity contribution is -0.147. The zero-order valence-corrected chi connectivity index (χ0v) is 14.0. The number of rotatable bonds is 4. The summed E-state index contributed by atoms with van der Waals surface area (Å²) in [6.07, 6.45) is 4.92.